The molecule has 0 spiro atoms. The van der Waals surface area contributed by atoms with Gasteiger partial charge in [0.2, 0.25) is 5.91 Å². The number of hydrogen-bond acceptors (Lipinski definition) is 3. The highest BCUT2D eigenvalue weighted by atomic mass is 35.5. The average Bonchev–Trinajstić information content (AvgIpc) is 2.80. The van der Waals surface area contributed by atoms with Crippen LogP contribution >= 0.6 is 11.6 Å². The minimum atomic E-state index is -0.0912. The van der Waals surface area contributed by atoms with E-state index < -0.39 is 0 Å². The third kappa shape index (κ3) is 4.45. The summed E-state index contributed by atoms with van der Waals surface area (Å²) in [7, 11) is 0. The van der Waals surface area contributed by atoms with Gasteiger partial charge < -0.3 is 14.8 Å². The number of anilines is 1. The van der Waals surface area contributed by atoms with Crippen molar-refractivity contribution < 1.29 is 14.3 Å². The lowest BCUT2D eigenvalue weighted by atomic mass is 10.0. The largest absolute Gasteiger partial charge is 0.489 e. The first-order valence-corrected chi connectivity index (χ1v) is 8.88. The molecule has 1 N–H and O–H groups in total. The lowest BCUT2D eigenvalue weighted by molar-refractivity contribution is -0.115. The Labute approximate surface area is 153 Å². The average molecular weight is 360 g/mol. The monoisotopic (exact) mass is 359 g/mol. The summed E-state index contributed by atoms with van der Waals surface area (Å²) in [5, 5.41) is 3.42. The zero-order valence-electron chi connectivity index (χ0n) is 14.5. The Hall–Kier alpha value is -2.20. The molecule has 2 aromatic rings. The molecule has 0 unspecified atom stereocenters. The summed E-state index contributed by atoms with van der Waals surface area (Å²) in [5.74, 6) is 1.49. The third-order valence-electron chi connectivity index (χ3n) is 4.06. The van der Waals surface area contributed by atoms with Crippen molar-refractivity contribution >= 4 is 23.2 Å². The molecule has 132 valence electrons. The minimum absolute atomic E-state index is 0.0912. The number of nitrogens with one attached hydrogen (secondary N) is 1. The second-order valence-corrected chi connectivity index (χ2v) is 6.87. The van der Waals surface area contributed by atoms with E-state index in [1.165, 1.54) is 5.56 Å². The van der Waals surface area contributed by atoms with Gasteiger partial charge in [0.1, 0.15) is 0 Å². The summed E-state index contributed by atoms with van der Waals surface area (Å²) in [6, 6.07) is 11.5. The van der Waals surface area contributed by atoms with E-state index in [1.54, 1.807) is 6.07 Å². The SMILES string of the molecule is CC(C)c1cccc(NC(=O)Cc2cc(Cl)c3c(c2)OCCCO3)c1. The molecule has 25 heavy (non-hydrogen) atoms. The molecule has 0 aromatic heterocycles. The van der Waals surface area contributed by atoms with Crippen molar-refractivity contribution in [1.29, 1.82) is 0 Å². The maximum atomic E-state index is 12.4. The molecule has 0 aliphatic carbocycles. The van der Waals surface area contributed by atoms with Gasteiger partial charge in [0.15, 0.2) is 11.5 Å². The van der Waals surface area contributed by atoms with Crippen LogP contribution in [0.4, 0.5) is 5.69 Å². The van der Waals surface area contributed by atoms with E-state index >= 15 is 0 Å². The molecule has 1 heterocycles. The van der Waals surface area contributed by atoms with Crippen LogP contribution in [0.3, 0.4) is 0 Å². The molecular formula is C20H22ClNO3. The summed E-state index contributed by atoms with van der Waals surface area (Å²) in [6.45, 7) is 5.42. The predicted molar refractivity (Wildman–Crippen MR) is 99.9 cm³/mol. The fourth-order valence-corrected chi connectivity index (χ4v) is 3.04. The van der Waals surface area contributed by atoms with Crippen LogP contribution in [0.15, 0.2) is 36.4 Å². The van der Waals surface area contributed by atoms with Gasteiger partial charge in [-0.05, 0) is 41.3 Å². The molecule has 4 nitrogen and oxygen atoms in total. The van der Waals surface area contributed by atoms with Crippen LogP contribution < -0.4 is 14.8 Å². The van der Waals surface area contributed by atoms with Crippen molar-refractivity contribution in [3.05, 3.63) is 52.5 Å². The first-order chi connectivity index (χ1) is 12.0. The summed E-state index contributed by atoms with van der Waals surface area (Å²) in [4.78, 5) is 12.4. The number of carbonyl (C=O) groups is 1. The fraction of sp³-hybridized carbons (Fsp3) is 0.350. The molecule has 1 aliphatic rings. The quantitative estimate of drug-likeness (QED) is 0.852. The van der Waals surface area contributed by atoms with Gasteiger partial charge in [0.25, 0.3) is 0 Å². The lowest BCUT2D eigenvalue weighted by Crippen LogP contribution is -2.14. The molecule has 0 bridgehead atoms. The van der Waals surface area contributed by atoms with Crippen molar-refractivity contribution in [2.24, 2.45) is 0 Å². The van der Waals surface area contributed by atoms with E-state index in [1.807, 2.05) is 24.3 Å². The molecule has 0 saturated heterocycles. The van der Waals surface area contributed by atoms with Gasteiger partial charge in [-0.25, -0.2) is 0 Å². The highest BCUT2D eigenvalue weighted by Gasteiger charge is 2.17. The van der Waals surface area contributed by atoms with Crippen LogP contribution in [-0.2, 0) is 11.2 Å². The van der Waals surface area contributed by atoms with Crippen molar-refractivity contribution in [3.8, 4) is 11.5 Å². The Morgan fingerprint density at radius 3 is 2.80 bits per heavy atom. The number of fused-ring (bicyclic) bond motifs is 1. The van der Waals surface area contributed by atoms with Crippen LogP contribution in [0.1, 0.15) is 37.3 Å². The van der Waals surface area contributed by atoms with E-state index in [4.69, 9.17) is 21.1 Å². The number of rotatable bonds is 4. The highest BCUT2D eigenvalue weighted by Crippen LogP contribution is 2.38. The molecule has 2 aromatic carbocycles. The van der Waals surface area contributed by atoms with Gasteiger partial charge >= 0.3 is 0 Å². The van der Waals surface area contributed by atoms with Gasteiger partial charge in [-0.15, -0.1) is 0 Å². The minimum Gasteiger partial charge on any atom is -0.489 e. The molecule has 1 aliphatic heterocycles. The molecule has 5 heteroatoms. The van der Waals surface area contributed by atoms with E-state index in [-0.39, 0.29) is 12.3 Å². The molecule has 0 fully saturated rings. The molecule has 3 rings (SSSR count). The number of carbonyl (C=O) groups excluding carboxylic acids is 1. The molecule has 0 radical (unpaired) electrons. The van der Waals surface area contributed by atoms with Crippen molar-refractivity contribution in [1.82, 2.24) is 0 Å². The van der Waals surface area contributed by atoms with Crippen LogP contribution in [0.25, 0.3) is 0 Å². The second kappa shape index (κ2) is 7.79. The maximum Gasteiger partial charge on any atom is 0.228 e. The molecule has 1 amide bonds. The standard InChI is InChI=1S/C20H22ClNO3/c1-13(2)15-5-3-6-16(12-15)22-19(23)11-14-9-17(21)20-18(10-14)24-7-4-8-25-20/h3,5-6,9-10,12-13H,4,7-8,11H2,1-2H3,(H,22,23). The number of amides is 1. The highest BCUT2D eigenvalue weighted by molar-refractivity contribution is 6.32. The Morgan fingerprint density at radius 1 is 1.20 bits per heavy atom. The van der Waals surface area contributed by atoms with Crippen molar-refractivity contribution in [2.45, 2.75) is 32.6 Å². The van der Waals surface area contributed by atoms with E-state index in [0.717, 1.165) is 17.7 Å². The molecule has 0 atom stereocenters. The van der Waals surface area contributed by atoms with Crippen LogP contribution in [0.2, 0.25) is 5.02 Å². The second-order valence-electron chi connectivity index (χ2n) is 6.46. The predicted octanol–water partition coefficient (Wildman–Crippen LogP) is 4.81. The van der Waals surface area contributed by atoms with Gasteiger partial charge in [0, 0.05) is 12.1 Å². The maximum absolute atomic E-state index is 12.4. The first kappa shape index (κ1) is 17.6. The Balaban J connectivity index is 1.72. The Bertz CT molecular complexity index is 774. The topological polar surface area (TPSA) is 47.6 Å². The zero-order chi connectivity index (χ0) is 17.8. The summed E-state index contributed by atoms with van der Waals surface area (Å²) < 4.78 is 11.3. The van der Waals surface area contributed by atoms with Crippen LogP contribution in [-0.4, -0.2) is 19.1 Å². The number of ether oxygens (including phenoxy) is 2. The van der Waals surface area contributed by atoms with Gasteiger partial charge in [-0.3, -0.25) is 4.79 Å². The third-order valence-corrected chi connectivity index (χ3v) is 4.34. The van der Waals surface area contributed by atoms with Gasteiger partial charge in [-0.2, -0.15) is 0 Å². The summed E-state index contributed by atoms with van der Waals surface area (Å²) in [5.41, 5.74) is 2.79. The zero-order valence-corrected chi connectivity index (χ0v) is 15.2. The number of hydrogen-bond donors (Lipinski definition) is 1. The van der Waals surface area contributed by atoms with Crippen molar-refractivity contribution in [3.63, 3.8) is 0 Å². The van der Waals surface area contributed by atoms with Crippen LogP contribution in [0.5, 0.6) is 11.5 Å². The Kier molecular flexibility index (Phi) is 5.49. The number of halogens is 1. The summed E-state index contributed by atoms with van der Waals surface area (Å²) in [6.07, 6.45) is 1.04. The van der Waals surface area contributed by atoms with Gasteiger partial charge in [-0.1, -0.05) is 37.6 Å². The Morgan fingerprint density at radius 2 is 2.00 bits per heavy atom. The lowest BCUT2D eigenvalue weighted by Gasteiger charge is -2.12. The smallest absolute Gasteiger partial charge is 0.228 e. The van der Waals surface area contributed by atoms with Crippen molar-refractivity contribution in [2.75, 3.05) is 18.5 Å². The van der Waals surface area contributed by atoms with Crippen LogP contribution in [0, 0.1) is 0 Å². The molecule has 0 saturated carbocycles. The normalized spacial score (nSPS) is 13.4. The first-order valence-electron chi connectivity index (χ1n) is 8.51. The fourth-order valence-electron chi connectivity index (χ4n) is 2.75. The number of benzene rings is 2. The van der Waals surface area contributed by atoms with E-state index in [9.17, 15) is 4.79 Å². The van der Waals surface area contributed by atoms with E-state index in [0.29, 0.717) is 35.7 Å². The van der Waals surface area contributed by atoms with E-state index in [2.05, 4.69) is 25.2 Å². The summed E-state index contributed by atoms with van der Waals surface area (Å²) >= 11 is 6.28. The van der Waals surface area contributed by atoms with Gasteiger partial charge in [0.05, 0.1) is 24.7 Å². The molecular weight excluding hydrogens is 338 g/mol.